The van der Waals surface area contributed by atoms with E-state index in [9.17, 15) is 31.1 Å². The van der Waals surface area contributed by atoms with Gasteiger partial charge < -0.3 is 5.32 Å². The molecule has 2 rings (SSSR count). The highest BCUT2D eigenvalue weighted by atomic mass is 19.4. The van der Waals surface area contributed by atoms with Gasteiger partial charge >= 0.3 is 12.4 Å². The zero-order valence-electron chi connectivity index (χ0n) is 12.7. The third-order valence-electron chi connectivity index (χ3n) is 4.31. The molecule has 0 aromatic heterocycles. The summed E-state index contributed by atoms with van der Waals surface area (Å²) in [5.41, 5.74) is -1.84. The van der Waals surface area contributed by atoms with Crippen LogP contribution < -0.4 is 5.32 Å². The molecule has 1 N–H and O–H groups in total. The maximum Gasteiger partial charge on any atom is 0.403 e. The van der Waals surface area contributed by atoms with Crippen molar-refractivity contribution in [3.8, 4) is 0 Å². The summed E-state index contributed by atoms with van der Waals surface area (Å²) >= 11 is 0. The van der Waals surface area contributed by atoms with Crippen molar-refractivity contribution in [3.05, 3.63) is 35.4 Å². The average Bonchev–Trinajstić information content (AvgIpc) is 2.95. The highest BCUT2D eigenvalue weighted by Gasteiger charge is 2.60. The summed E-state index contributed by atoms with van der Waals surface area (Å²) in [6.07, 6.45) is -9.77. The highest BCUT2D eigenvalue weighted by molar-refractivity contribution is 5.83. The molecule has 0 atom stereocenters. The van der Waals surface area contributed by atoms with E-state index in [2.05, 4.69) is 5.32 Å². The molecule has 1 aromatic rings. The van der Waals surface area contributed by atoms with Gasteiger partial charge in [0.2, 0.25) is 5.91 Å². The third-order valence-corrected chi connectivity index (χ3v) is 4.31. The molecule has 8 heteroatoms. The predicted molar refractivity (Wildman–Crippen MR) is 75.0 cm³/mol. The number of halogens is 6. The first kappa shape index (κ1) is 18.6. The molecule has 0 bridgehead atoms. The largest absolute Gasteiger partial charge is 0.403 e. The second kappa shape index (κ2) is 6.64. The molecule has 0 unspecified atom stereocenters. The minimum atomic E-state index is -4.61. The molecule has 0 aliphatic heterocycles. The van der Waals surface area contributed by atoms with Crippen molar-refractivity contribution in [1.29, 1.82) is 0 Å². The number of rotatable bonds is 4. The van der Waals surface area contributed by atoms with E-state index in [4.69, 9.17) is 0 Å². The van der Waals surface area contributed by atoms with Crippen LogP contribution >= 0.6 is 0 Å². The molecule has 0 heterocycles. The van der Waals surface area contributed by atoms with Crippen molar-refractivity contribution in [3.63, 3.8) is 0 Å². The summed E-state index contributed by atoms with van der Waals surface area (Å²) in [6.45, 7) is -0.150. The molecular weight excluding hydrogens is 336 g/mol. The summed E-state index contributed by atoms with van der Waals surface area (Å²) in [4.78, 5) is 12.1. The number of amides is 1. The Morgan fingerprint density at radius 1 is 0.958 bits per heavy atom. The van der Waals surface area contributed by atoms with E-state index in [1.807, 2.05) is 0 Å². The number of alkyl halides is 6. The van der Waals surface area contributed by atoms with Crippen LogP contribution in [0.4, 0.5) is 26.3 Å². The van der Waals surface area contributed by atoms with Gasteiger partial charge in [0, 0.05) is 6.54 Å². The lowest BCUT2D eigenvalue weighted by atomic mass is 9.84. The van der Waals surface area contributed by atoms with Gasteiger partial charge in [-0.1, -0.05) is 37.1 Å². The lowest BCUT2D eigenvalue weighted by Crippen LogP contribution is -2.48. The average molecular weight is 353 g/mol. The van der Waals surface area contributed by atoms with Gasteiger partial charge in [0.25, 0.3) is 0 Å². The SMILES string of the molecule is O=C(NCc1ccc(CC(F)(F)F)cc1)C1(C(F)(F)F)CCCC1. The quantitative estimate of drug-likeness (QED) is 0.792. The summed E-state index contributed by atoms with van der Waals surface area (Å²) in [5, 5.41) is 2.27. The van der Waals surface area contributed by atoms with Gasteiger partial charge in [0.1, 0.15) is 5.41 Å². The van der Waals surface area contributed by atoms with Gasteiger partial charge in [0.05, 0.1) is 6.42 Å². The maximum absolute atomic E-state index is 13.2. The monoisotopic (exact) mass is 353 g/mol. The van der Waals surface area contributed by atoms with E-state index in [1.54, 1.807) is 0 Å². The predicted octanol–water partition coefficient (Wildman–Crippen LogP) is 4.53. The van der Waals surface area contributed by atoms with Gasteiger partial charge in [0.15, 0.2) is 0 Å². The van der Waals surface area contributed by atoms with Crippen molar-refractivity contribution < 1.29 is 31.1 Å². The number of carbonyl (C=O) groups is 1. The lowest BCUT2D eigenvalue weighted by Gasteiger charge is -2.30. The first-order valence-electron chi connectivity index (χ1n) is 7.53. The standard InChI is InChI=1S/C16H17F6NO/c17-15(18,19)9-11-3-5-12(6-4-11)10-23-13(24)14(16(20,21)22)7-1-2-8-14/h3-6H,1-2,7-10H2,(H,23,24). The Morgan fingerprint density at radius 2 is 1.46 bits per heavy atom. The molecule has 1 aliphatic carbocycles. The van der Waals surface area contributed by atoms with Crippen LogP contribution in [0.1, 0.15) is 36.8 Å². The third kappa shape index (κ3) is 4.21. The molecule has 134 valence electrons. The van der Waals surface area contributed by atoms with Crippen molar-refractivity contribution >= 4 is 5.91 Å². The molecule has 0 radical (unpaired) electrons. The molecule has 24 heavy (non-hydrogen) atoms. The fraction of sp³-hybridized carbons (Fsp3) is 0.562. The number of nitrogens with one attached hydrogen (secondary N) is 1. The highest BCUT2D eigenvalue weighted by Crippen LogP contribution is 2.50. The van der Waals surface area contributed by atoms with Crippen LogP contribution in [0.5, 0.6) is 0 Å². The first-order chi connectivity index (χ1) is 11.0. The Morgan fingerprint density at radius 3 is 1.92 bits per heavy atom. The van der Waals surface area contributed by atoms with E-state index in [0.29, 0.717) is 18.4 Å². The topological polar surface area (TPSA) is 29.1 Å². The molecule has 0 saturated heterocycles. The van der Waals surface area contributed by atoms with Gasteiger partial charge in [-0.2, -0.15) is 26.3 Å². The molecule has 2 nitrogen and oxygen atoms in total. The number of carbonyl (C=O) groups excluding carboxylic acids is 1. The van der Waals surface area contributed by atoms with Gasteiger partial charge in [-0.15, -0.1) is 0 Å². The molecular formula is C16H17F6NO. The van der Waals surface area contributed by atoms with Gasteiger partial charge in [-0.3, -0.25) is 4.79 Å². The molecule has 1 aliphatic rings. The van der Waals surface area contributed by atoms with Gasteiger partial charge in [-0.25, -0.2) is 0 Å². The second-order valence-corrected chi connectivity index (χ2v) is 6.08. The van der Waals surface area contributed by atoms with Crippen LogP contribution in [0.2, 0.25) is 0 Å². The smallest absolute Gasteiger partial charge is 0.351 e. The lowest BCUT2D eigenvalue weighted by molar-refractivity contribution is -0.220. The van der Waals surface area contributed by atoms with Crippen LogP contribution in [0.15, 0.2) is 24.3 Å². The van der Waals surface area contributed by atoms with E-state index < -0.39 is 30.1 Å². The Hall–Kier alpha value is -1.73. The van der Waals surface area contributed by atoms with Crippen LogP contribution in [0.3, 0.4) is 0 Å². The Bertz CT molecular complexity index is 570. The summed E-state index contributed by atoms with van der Waals surface area (Å²) in [5.74, 6) is -1.06. The van der Waals surface area contributed by atoms with Crippen LogP contribution in [-0.2, 0) is 17.8 Å². The molecule has 1 amide bonds. The fourth-order valence-corrected chi connectivity index (χ4v) is 2.98. The molecule has 1 aromatic carbocycles. The van der Waals surface area contributed by atoms with E-state index in [1.165, 1.54) is 24.3 Å². The minimum Gasteiger partial charge on any atom is -0.351 e. The normalized spacial score (nSPS) is 17.8. The Kier molecular flexibility index (Phi) is 5.15. The van der Waals surface area contributed by atoms with Gasteiger partial charge in [-0.05, 0) is 24.0 Å². The van der Waals surface area contributed by atoms with Crippen molar-refractivity contribution in [2.45, 2.75) is 51.0 Å². The van der Waals surface area contributed by atoms with E-state index in [0.717, 1.165) is 0 Å². The second-order valence-electron chi connectivity index (χ2n) is 6.08. The minimum absolute atomic E-state index is 0.0557. The Labute approximate surface area is 135 Å². The summed E-state index contributed by atoms with van der Waals surface area (Å²) < 4.78 is 76.5. The molecule has 1 fully saturated rings. The fourth-order valence-electron chi connectivity index (χ4n) is 2.98. The van der Waals surface area contributed by atoms with Crippen molar-refractivity contribution in [2.24, 2.45) is 5.41 Å². The zero-order chi connectivity index (χ0) is 18.0. The first-order valence-corrected chi connectivity index (χ1v) is 7.53. The zero-order valence-corrected chi connectivity index (χ0v) is 12.7. The maximum atomic E-state index is 13.2. The van der Waals surface area contributed by atoms with E-state index >= 15 is 0 Å². The number of hydrogen-bond acceptors (Lipinski definition) is 1. The van der Waals surface area contributed by atoms with E-state index in [-0.39, 0.29) is 24.9 Å². The molecule has 0 spiro atoms. The number of benzene rings is 1. The summed E-state index contributed by atoms with van der Waals surface area (Å²) in [7, 11) is 0. The molecule has 1 saturated carbocycles. The van der Waals surface area contributed by atoms with Crippen LogP contribution in [-0.4, -0.2) is 18.3 Å². The van der Waals surface area contributed by atoms with Crippen molar-refractivity contribution in [2.75, 3.05) is 0 Å². The summed E-state index contributed by atoms with van der Waals surface area (Å²) in [6, 6.07) is 5.25. The van der Waals surface area contributed by atoms with Crippen LogP contribution in [0, 0.1) is 5.41 Å². The van der Waals surface area contributed by atoms with Crippen LogP contribution in [0.25, 0.3) is 0 Å². The van der Waals surface area contributed by atoms with Crippen molar-refractivity contribution in [1.82, 2.24) is 5.32 Å². The number of hydrogen-bond donors (Lipinski definition) is 1. The Balaban J connectivity index is 1.99.